The molecular weight excluding hydrogens is 446 g/mol. The number of H-pyrrole nitrogens is 1. The maximum atomic E-state index is 13.7. The lowest BCUT2D eigenvalue weighted by Gasteiger charge is -2.41. The van der Waals surface area contributed by atoms with E-state index in [4.69, 9.17) is 0 Å². The number of nitro benzene ring substituents is 1. The van der Waals surface area contributed by atoms with Crippen molar-refractivity contribution in [2.75, 3.05) is 25.0 Å². The van der Waals surface area contributed by atoms with Crippen LogP contribution >= 0.6 is 0 Å². The molecule has 0 radical (unpaired) electrons. The quantitative estimate of drug-likeness (QED) is 0.401. The number of amides is 2. The summed E-state index contributed by atoms with van der Waals surface area (Å²) in [7, 11) is 0. The molecule has 0 bridgehead atoms. The Labute approximate surface area is 203 Å². The largest absolute Gasteiger partial charge is 0.373 e. The number of carbonyl (C=O) groups excluding carboxylic acids is 2. The van der Waals surface area contributed by atoms with Crippen molar-refractivity contribution in [1.29, 1.82) is 0 Å². The van der Waals surface area contributed by atoms with E-state index in [9.17, 15) is 19.7 Å². The van der Waals surface area contributed by atoms with Gasteiger partial charge in [0.15, 0.2) is 0 Å². The minimum atomic E-state index is -0.562. The summed E-state index contributed by atoms with van der Waals surface area (Å²) in [5, 5.41) is 15.4. The van der Waals surface area contributed by atoms with Crippen LogP contribution < -0.4 is 5.32 Å². The summed E-state index contributed by atoms with van der Waals surface area (Å²) >= 11 is 0. The number of non-ortho nitro benzene ring substituents is 1. The van der Waals surface area contributed by atoms with E-state index in [1.807, 2.05) is 47.2 Å². The number of nitro groups is 1. The van der Waals surface area contributed by atoms with Crippen LogP contribution in [-0.4, -0.2) is 63.2 Å². The zero-order valence-corrected chi connectivity index (χ0v) is 19.6. The summed E-state index contributed by atoms with van der Waals surface area (Å²) in [6, 6.07) is 13.5. The molecule has 1 aliphatic carbocycles. The number of nitrogens with zero attached hydrogens (tertiary/aromatic N) is 3. The molecule has 2 fully saturated rings. The van der Waals surface area contributed by atoms with Gasteiger partial charge in [0.1, 0.15) is 6.04 Å². The van der Waals surface area contributed by atoms with Gasteiger partial charge in [-0.15, -0.1) is 0 Å². The molecule has 1 saturated carbocycles. The first-order chi connectivity index (χ1) is 16.9. The van der Waals surface area contributed by atoms with Crippen LogP contribution in [0.2, 0.25) is 0 Å². The molecule has 1 aromatic heterocycles. The number of piperazine rings is 1. The molecule has 9 nitrogen and oxygen atoms in total. The molecule has 5 rings (SSSR count). The zero-order chi connectivity index (χ0) is 24.5. The molecular formula is C26H29N5O4. The molecule has 2 N–H and O–H groups in total. The Bertz CT molecular complexity index is 1250. The predicted molar refractivity (Wildman–Crippen MR) is 133 cm³/mol. The third-order valence-corrected chi connectivity index (χ3v) is 6.96. The highest BCUT2D eigenvalue weighted by Gasteiger charge is 2.39. The minimum Gasteiger partial charge on any atom is -0.373 e. The zero-order valence-electron chi connectivity index (χ0n) is 19.6. The fourth-order valence-corrected chi connectivity index (χ4v) is 4.87. The third kappa shape index (κ3) is 4.84. The van der Waals surface area contributed by atoms with Crippen LogP contribution in [0.15, 0.2) is 54.7 Å². The van der Waals surface area contributed by atoms with E-state index in [-0.39, 0.29) is 29.5 Å². The lowest BCUT2D eigenvalue weighted by molar-refractivity contribution is -0.384. The van der Waals surface area contributed by atoms with E-state index in [2.05, 4.69) is 10.3 Å². The number of rotatable bonds is 7. The van der Waals surface area contributed by atoms with Crippen LogP contribution in [0, 0.1) is 16.0 Å². The standard InChI is InChI=1S/C26H29N5O4/c1-17-16-29(12-13-30(17)25(32)18-6-7-18)26(33)24(28-20-8-10-21(11-9-20)31(34)35)14-19-15-27-23-5-3-2-4-22(19)23/h2-5,8-11,15,17-18,24,27-28H,6-7,12-14,16H2,1H3. The average molecular weight is 476 g/mol. The van der Waals surface area contributed by atoms with Crippen molar-refractivity contribution in [3.8, 4) is 0 Å². The Hall–Kier alpha value is -3.88. The predicted octanol–water partition coefficient (Wildman–Crippen LogP) is 3.57. The van der Waals surface area contributed by atoms with Gasteiger partial charge in [0.2, 0.25) is 11.8 Å². The number of para-hydroxylation sites is 1. The van der Waals surface area contributed by atoms with Crippen LogP contribution in [0.5, 0.6) is 0 Å². The van der Waals surface area contributed by atoms with Gasteiger partial charge >= 0.3 is 0 Å². The van der Waals surface area contributed by atoms with Crippen LogP contribution in [0.25, 0.3) is 10.9 Å². The maximum absolute atomic E-state index is 13.7. The number of anilines is 1. The Morgan fingerprint density at radius 3 is 2.57 bits per heavy atom. The van der Waals surface area contributed by atoms with Crippen LogP contribution in [-0.2, 0) is 16.0 Å². The Morgan fingerprint density at radius 2 is 1.89 bits per heavy atom. The van der Waals surface area contributed by atoms with Crippen LogP contribution in [0.4, 0.5) is 11.4 Å². The Kier molecular flexibility index (Phi) is 6.15. The van der Waals surface area contributed by atoms with Crippen molar-refractivity contribution in [2.24, 2.45) is 5.92 Å². The second kappa shape index (κ2) is 9.40. The summed E-state index contributed by atoms with van der Waals surface area (Å²) in [6.45, 7) is 3.52. The van der Waals surface area contributed by atoms with Gasteiger partial charge in [0, 0.05) is 72.9 Å². The molecule has 2 aromatic carbocycles. The topological polar surface area (TPSA) is 112 Å². The molecule has 2 aliphatic rings. The van der Waals surface area contributed by atoms with E-state index in [0.29, 0.717) is 31.7 Å². The normalized spacial score (nSPS) is 18.9. The number of nitrogens with one attached hydrogen (secondary N) is 2. The number of carbonyl (C=O) groups is 2. The summed E-state index contributed by atoms with van der Waals surface area (Å²) in [4.78, 5) is 43.9. The lowest BCUT2D eigenvalue weighted by atomic mass is 10.0. The number of aromatic nitrogens is 1. The molecule has 182 valence electrons. The summed E-state index contributed by atoms with van der Waals surface area (Å²) in [6.07, 6.45) is 4.32. The van der Waals surface area contributed by atoms with Crippen molar-refractivity contribution in [2.45, 2.75) is 38.3 Å². The molecule has 2 atom stereocenters. The first-order valence-electron chi connectivity index (χ1n) is 12.1. The van der Waals surface area contributed by atoms with E-state index in [1.165, 1.54) is 12.1 Å². The average Bonchev–Trinajstić information content (AvgIpc) is 3.64. The molecule has 0 spiro atoms. The highest BCUT2D eigenvalue weighted by molar-refractivity contribution is 5.88. The maximum Gasteiger partial charge on any atom is 0.269 e. The van der Waals surface area contributed by atoms with Gasteiger partial charge in [0.25, 0.3) is 5.69 Å². The number of fused-ring (bicyclic) bond motifs is 1. The summed E-state index contributed by atoms with van der Waals surface area (Å²) in [5.74, 6) is 0.334. The van der Waals surface area contributed by atoms with E-state index < -0.39 is 11.0 Å². The Balaban J connectivity index is 1.36. The lowest BCUT2D eigenvalue weighted by Crippen LogP contribution is -2.58. The molecule has 35 heavy (non-hydrogen) atoms. The van der Waals surface area contributed by atoms with Crippen molar-refractivity contribution in [3.63, 3.8) is 0 Å². The molecule has 1 saturated heterocycles. The highest BCUT2D eigenvalue weighted by atomic mass is 16.6. The van der Waals surface area contributed by atoms with Crippen molar-refractivity contribution in [3.05, 3.63) is 70.4 Å². The molecule has 3 aromatic rings. The smallest absolute Gasteiger partial charge is 0.269 e. The van der Waals surface area contributed by atoms with Gasteiger partial charge < -0.3 is 20.1 Å². The van der Waals surface area contributed by atoms with Gasteiger partial charge in [-0.25, -0.2) is 0 Å². The van der Waals surface area contributed by atoms with Crippen molar-refractivity contribution >= 4 is 34.1 Å². The summed E-state index contributed by atoms with van der Waals surface area (Å²) in [5.41, 5.74) is 2.67. The van der Waals surface area contributed by atoms with Gasteiger partial charge in [0.05, 0.1) is 4.92 Å². The molecule has 9 heteroatoms. The van der Waals surface area contributed by atoms with Crippen molar-refractivity contribution in [1.82, 2.24) is 14.8 Å². The van der Waals surface area contributed by atoms with Crippen molar-refractivity contribution < 1.29 is 14.5 Å². The van der Waals surface area contributed by atoms with Gasteiger partial charge in [-0.2, -0.15) is 0 Å². The Morgan fingerprint density at radius 1 is 1.14 bits per heavy atom. The minimum absolute atomic E-state index is 0.000307. The van der Waals surface area contributed by atoms with E-state index in [0.717, 1.165) is 29.3 Å². The van der Waals surface area contributed by atoms with E-state index >= 15 is 0 Å². The third-order valence-electron chi connectivity index (χ3n) is 6.96. The van der Waals surface area contributed by atoms with Gasteiger partial charge in [-0.1, -0.05) is 18.2 Å². The fraction of sp³-hybridized carbons (Fsp3) is 0.385. The molecule has 2 heterocycles. The van der Waals surface area contributed by atoms with Crippen LogP contribution in [0.1, 0.15) is 25.3 Å². The first kappa shape index (κ1) is 22.9. The highest BCUT2D eigenvalue weighted by Crippen LogP contribution is 2.32. The number of hydrogen-bond donors (Lipinski definition) is 2. The van der Waals surface area contributed by atoms with Gasteiger partial charge in [-0.3, -0.25) is 19.7 Å². The second-order valence-corrected chi connectivity index (χ2v) is 9.50. The van der Waals surface area contributed by atoms with E-state index in [1.54, 1.807) is 12.1 Å². The number of hydrogen-bond acceptors (Lipinski definition) is 5. The number of benzene rings is 2. The molecule has 2 amide bonds. The SMILES string of the molecule is CC1CN(C(=O)C(Cc2c[nH]c3ccccc23)Nc2ccc([N+](=O)[O-])cc2)CCN1C(=O)C1CC1. The van der Waals surface area contributed by atoms with Crippen LogP contribution in [0.3, 0.4) is 0 Å². The number of aromatic amines is 1. The molecule has 2 unspecified atom stereocenters. The fourth-order valence-electron chi connectivity index (χ4n) is 4.87. The first-order valence-corrected chi connectivity index (χ1v) is 12.1. The monoisotopic (exact) mass is 475 g/mol. The second-order valence-electron chi connectivity index (χ2n) is 9.50. The van der Waals surface area contributed by atoms with Gasteiger partial charge in [-0.05, 0) is 43.5 Å². The summed E-state index contributed by atoms with van der Waals surface area (Å²) < 4.78 is 0. The molecule has 1 aliphatic heterocycles.